The predicted molar refractivity (Wildman–Crippen MR) is 144 cm³/mol. The first-order chi connectivity index (χ1) is 16.9. The van der Waals surface area contributed by atoms with Crippen LogP contribution in [0.4, 0.5) is 11.4 Å². The fourth-order valence-corrected chi connectivity index (χ4v) is 5.74. The highest BCUT2D eigenvalue weighted by atomic mass is 35.5. The first kappa shape index (κ1) is 23.5. The monoisotopic (exact) mass is 503 g/mol. The topological polar surface area (TPSA) is 43.9 Å². The summed E-state index contributed by atoms with van der Waals surface area (Å²) >= 11 is 7.65. The molecule has 1 saturated heterocycles. The van der Waals surface area contributed by atoms with Gasteiger partial charge in [0.25, 0.3) is 11.8 Å². The molecule has 0 unspecified atom stereocenters. The molecule has 5 rings (SSSR count). The molecule has 178 valence electrons. The Morgan fingerprint density at radius 1 is 0.943 bits per heavy atom. The number of hydrogen-bond donors (Lipinski definition) is 0. The maximum absolute atomic E-state index is 13.3. The Hall–Kier alpha value is -3.22. The second-order valence-electron chi connectivity index (χ2n) is 8.78. The van der Waals surface area contributed by atoms with Crippen molar-refractivity contribution in [2.45, 2.75) is 11.8 Å². The molecule has 3 aromatic rings. The molecule has 2 aliphatic rings. The smallest absolute Gasteiger partial charge is 0.264 e. The second-order valence-corrected chi connectivity index (χ2v) is 10.3. The van der Waals surface area contributed by atoms with E-state index in [1.165, 1.54) is 17.3 Å². The van der Waals surface area contributed by atoms with Crippen LogP contribution in [0, 0.1) is 6.92 Å². The molecule has 0 radical (unpaired) electrons. The Morgan fingerprint density at radius 3 is 2.43 bits per heavy atom. The Bertz CT molecular complexity index is 1320. The van der Waals surface area contributed by atoms with E-state index in [4.69, 9.17) is 11.6 Å². The van der Waals surface area contributed by atoms with Gasteiger partial charge in [0.2, 0.25) is 0 Å². The number of rotatable bonds is 3. The lowest BCUT2D eigenvalue weighted by molar-refractivity contribution is -0.114. The van der Waals surface area contributed by atoms with Gasteiger partial charge in [0.05, 0.1) is 10.6 Å². The van der Waals surface area contributed by atoms with Gasteiger partial charge in [-0.15, -0.1) is 0 Å². The Kier molecular flexibility index (Phi) is 6.58. The molecule has 0 spiro atoms. The van der Waals surface area contributed by atoms with Gasteiger partial charge in [0.1, 0.15) is 0 Å². The zero-order valence-corrected chi connectivity index (χ0v) is 21.3. The standard InChI is InChI=1S/C28H26ClN3O2S/c1-19-8-10-22(29)18-23(19)31-12-14-32(15-13-31)27(33)21-9-11-25-24(17-21)30(2)28(34)26(35-25)16-20-6-4-3-5-7-20/h3-11,16-18H,12-15H2,1-2H3/b26-16+. The zero-order valence-electron chi connectivity index (χ0n) is 19.7. The highest BCUT2D eigenvalue weighted by Gasteiger charge is 2.29. The summed E-state index contributed by atoms with van der Waals surface area (Å²) in [5, 5.41) is 0.719. The van der Waals surface area contributed by atoms with Crippen LogP contribution < -0.4 is 9.80 Å². The molecule has 0 aromatic heterocycles. The van der Waals surface area contributed by atoms with E-state index >= 15 is 0 Å². The Morgan fingerprint density at radius 2 is 1.69 bits per heavy atom. The highest BCUT2D eigenvalue weighted by Crippen LogP contribution is 2.42. The van der Waals surface area contributed by atoms with E-state index in [0.717, 1.165) is 39.9 Å². The minimum Gasteiger partial charge on any atom is -0.368 e. The quantitative estimate of drug-likeness (QED) is 0.429. The lowest BCUT2D eigenvalue weighted by Gasteiger charge is -2.37. The van der Waals surface area contributed by atoms with Gasteiger partial charge in [-0.3, -0.25) is 9.59 Å². The van der Waals surface area contributed by atoms with Crippen LogP contribution in [-0.4, -0.2) is 49.9 Å². The molecular formula is C28H26ClN3O2S. The number of carbonyl (C=O) groups excluding carboxylic acids is 2. The molecule has 0 N–H and O–H groups in total. The van der Waals surface area contributed by atoms with Crippen molar-refractivity contribution < 1.29 is 9.59 Å². The number of thioether (sulfide) groups is 1. The van der Waals surface area contributed by atoms with E-state index in [1.54, 1.807) is 11.9 Å². The van der Waals surface area contributed by atoms with Crippen LogP contribution in [-0.2, 0) is 4.79 Å². The summed E-state index contributed by atoms with van der Waals surface area (Å²) in [6, 6.07) is 21.4. The number of nitrogens with zero attached hydrogens (tertiary/aromatic N) is 3. The van der Waals surface area contributed by atoms with Gasteiger partial charge in [-0.25, -0.2) is 0 Å². The molecule has 2 aliphatic heterocycles. The molecule has 0 saturated carbocycles. The van der Waals surface area contributed by atoms with Gasteiger partial charge in [0, 0.05) is 54.4 Å². The number of amides is 2. The maximum Gasteiger partial charge on any atom is 0.264 e. The third kappa shape index (κ3) is 4.81. The number of aryl methyl sites for hydroxylation is 1. The average molecular weight is 504 g/mol. The molecule has 7 heteroatoms. The first-order valence-electron chi connectivity index (χ1n) is 11.6. The van der Waals surface area contributed by atoms with Crippen LogP contribution in [0.5, 0.6) is 0 Å². The fourth-order valence-electron chi connectivity index (χ4n) is 4.48. The Balaban J connectivity index is 1.31. The third-order valence-corrected chi connectivity index (χ3v) is 7.79. The summed E-state index contributed by atoms with van der Waals surface area (Å²) in [7, 11) is 1.76. The number of halogens is 1. The number of piperazine rings is 1. The maximum atomic E-state index is 13.3. The van der Waals surface area contributed by atoms with Crippen molar-refractivity contribution in [1.82, 2.24) is 4.90 Å². The van der Waals surface area contributed by atoms with Gasteiger partial charge in [-0.2, -0.15) is 0 Å². The molecular weight excluding hydrogens is 478 g/mol. The molecule has 5 nitrogen and oxygen atoms in total. The molecule has 3 aromatic carbocycles. The number of fused-ring (bicyclic) bond motifs is 1. The summed E-state index contributed by atoms with van der Waals surface area (Å²) in [5.41, 5.74) is 4.65. The van der Waals surface area contributed by atoms with E-state index in [1.807, 2.05) is 77.7 Å². The Labute approximate surface area is 215 Å². The summed E-state index contributed by atoms with van der Waals surface area (Å²) in [6.07, 6.45) is 1.91. The van der Waals surface area contributed by atoms with Crippen LogP contribution in [0.1, 0.15) is 21.5 Å². The van der Waals surface area contributed by atoms with Crippen LogP contribution in [0.3, 0.4) is 0 Å². The number of anilines is 2. The van der Waals surface area contributed by atoms with Crippen molar-refractivity contribution in [3.8, 4) is 0 Å². The first-order valence-corrected chi connectivity index (χ1v) is 12.8. The van der Waals surface area contributed by atoms with Crippen molar-refractivity contribution in [2.24, 2.45) is 0 Å². The SMILES string of the molecule is Cc1ccc(Cl)cc1N1CCN(C(=O)c2ccc3c(c2)N(C)C(=O)/C(=C\c2ccccc2)S3)CC1. The normalized spacial score (nSPS) is 17.1. The van der Waals surface area contributed by atoms with Gasteiger partial charge in [-0.1, -0.05) is 59.8 Å². The van der Waals surface area contributed by atoms with Gasteiger partial charge in [0.15, 0.2) is 0 Å². The van der Waals surface area contributed by atoms with E-state index in [2.05, 4.69) is 11.8 Å². The molecule has 2 amide bonds. The summed E-state index contributed by atoms with van der Waals surface area (Å²) in [4.78, 5) is 33.8. The second kappa shape index (κ2) is 9.80. The average Bonchev–Trinajstić information content (AvgIpc) is 2.89. The number of likely N-dealkylation sites (N-methyl/N-ethyl adjacent to an activating group) is 1. The minimum atomic E-state index is -0.0681. The van der Waals surface area contributed by atoms with Crippen molar-refractivity contribution >= 4 is 52.6 Å². The van der Waals surface area contributed by atoms with Gasteiger partial charge in [-0.05, 0) is 54.5 Å². The van der Waals surface area contributed by atoms with Crippen molar-refractivity contribution in [3.63, 3.8) is 0 Å². The largest absolute Gasteiger partial charge is 0.368 e. The summed E-state index contributed by atoms with van der Waals surface area (Å²) < 4.78 is 0. The molecule has 2 heterocycles. The molecule has 0 atom stereocenters. The highest BCUT2D eigenvalue weighted by molar-refractivity contribution is 8.04. The van der Waals surface area contributed by atoms with Gasteiger partial charge >= 0.3 is 0 Å². The van der Waals surface area contributed by atoms with Crippen molar-refractivity contribution in [3.05, 3.63) is 93.3 Å². The molecule has 0 bridgehead atoms. The van der Waals surface area contributed by atoms with Crippen LogP contribution in [0.2, 0.25) is 5.02 Å². The van der Waals surface area contributed by atoms with Crippen LogP contribution in [0.25, 0.3) is 6.08 Å². The summed E-state index contributed by atoms with van der Waals surface area (Å²) in [6.45, 7) is 4.84. The molecule has 35 heavy (non-hydrogen) atoms. The fraction of sp³-hybridized carbons (Fsp3) is 0.214. The van der Waals surface area contributed by atoms with E-state index in [0.29, 0.717) is 23.6 Å². The molecule has 1 fully saturated rings. The number of hydrogen-bond acceptors (Lipinski definition) is 4. The zero-order chi connectivity index (χ0) is 24.5. The van der Waals surface area contributed by atoms with Crippen LogP contribution in [0.15, 0.2) is 76.5 Å². The van der Waals surface area contributed by atoms with Crippen molar-refractivity contribution in [1.29, 1.82) is 0 Å². The van der Waals surface area contributed by atoms with Crippen LogP contribution >= 0.6 is 23.4 Å². The minimum absolute atomic E-state index is 0.00765. The summed E-state index contributed by atoms with van der Waals surface area (Å²) in [5.74, 6) is -0.0757. The van der Waals surface area contributed by atoms with Crippen molar-refractivity contribution in [2.75, 3.05) is 43.0 Å². The predicted octanol–water partition coefficient (Wildman–Crippen LogP) is 5.72. The number of carbonyl (C=O) groups is 2. The van der Waals surface area contributed by atoms with E-state index < -0.39 is 0 Å². The van der Waals surface area contributed by atoms with Gasteiger partial charge < -0.3 is 14.7 Å². The van der Waals surface area contributed by atoms with E-state index in [9.17, 15) is 9.59 Å². The molecule has 0 aliphatic carbocycles. The van der Waals surface area contributed by atoms with E-state index in [-0.39, 0.29) is 11.8 Å². The lowest BCUT2D eigenvalue weighted by Crippen LogP contribution is -2.49. The number of benzene rings is 3. The lowest BCUT2D eigenvalue weighted by atomic mass is 10.1. The third-order valence-electron chi connectivity index (χ3n) is 6.48.